The van der Waals surface area contributed by atoms with Gasteiger partial charge in [0.2, 0.25) is 0 Å². The van der Waals surface area contributed by atoms with Gasteiger partial charge in [0.1, 0.15) is 11.6 Å². The van der Waals surface area contributed by atoms with Gasteiger partial charge in [0, 0.05) is 45.8 Å². The molecule has 0 unspecified atom stereocenters. The molecule has 10 rings (SSSR count). The fourth-order valence-corrected chi connectivity index (χ4v) is 9.11. The fourth-order valence-electron chi connectivity index (χ4n) is 9.11. The Balaban J connectivity index is 0.00000518. The number of nitrogens with zero attached hydrogens (tertiary/aromatic N) is 4. The van der Waals surface area contributed by atoms with Crippen LogP contribution in [0.1, 0.15) is 77.0 Å². The van der Waals surface area contributed by atoms with Gasteiger partial charge >= 0.3 is 21.1 Å². The number of benzene rings is 7. The summed E-state index contributed by atoms with van der Waals surface area (Å²) in [7, 11) is 0. The van der Waals surface area contributed by atoms with Gasteiger partial charge in [-0.15, -0.1) is 36.1 Å². The van der Waals surface area contributed by atoms with E-state index in [1.807, 2.05) is 6.20 Å². The van der Waals surface area contributed by atoms with E-state index in [1.54, 1.807) is 0 Å². The van der Waals surface area contributed by atoms with Crippen LogP contribution in [-0.4, -0.2) is 9.55 Å². The molecule has 6 heteroatoms. The molecular weight excluding hydrogens is 964 g/mol. The molecule has 3 heterocycles. The summed E-state index contributed by atoms with van der Waals surface area (Å²) < 4.78 is 9.15. The van der Waals surface area contributed by atoms with Crippen LogP contribution in [-0.2, 0) is 26.5 Å². The summed E-state index contributed by atoms with van der Waals surface area (Å²) in [5, 5.41) is 2.31. The Morgan fingerprint density at radius 2 is 1.23 bits per heavy atom. The Kier molecular flexibility index (Phi) is 11.6. The van der Waals surface area contributed by atoms with Crippen molar-refractivity contribution in [2.45, 2.75) is 65.7 Å². The third-order valence-electron chi connectivity index (χ3n) is 12.3. The zero-order chi connectivity index (χ0) is 43.4. The van der Waals surface area contributed by atoms with Crippen molar-refractivity contribution >= 4 is 44.6 Å². The minimum Gasteiger partial charge on any atom is -0.493 e. The molecule has 0 atom stereocenters. The van der Waals surface area contributed by atoms with Gasteiger partial charge in [-0.1, -0.05) is 139 Å². The zero-order valence-electron chi connectivity index (χ0n) is 37.4. The zero-order valence-corrected chi connectivity index (χ0v) is 39.7. The Morgan fingerprint density at radius 1 is 0.578 bits per heavy atom. The first-order chi connectivity index (χ1) is 30.5. The minimum atomic E-state index is -0.0202. The Hall–Kier alpha value is -6.42. The van der Waals surface area contributed by atoms with Crippen molar-refractivity contribution in [3.05, 3.63) is 199 Å². The molecule has 0 amide bonds. The number of ether oxygens (including phenoxy) is 1. The van der Waals surface area contributed by atoms with Crippen molar-refractivity contribution in [1.29, 1.82) is 0 Å². The van der Waals surface area contributed by atoms with E-state index in [-0.39, 0.29) is 26.5 Å². The normalized spacial score (nSPS) is 12.6. The van der Waals surface area contributed by atoms with Gasteiger partial charge < -0.3 is 14.5 Å². The van der Waals surface area contributed by atoms with Crippen molar-refractivity contribution in [2.75, 3.05) is 9.80 Å². The van der Waals surface area contributed by atoms with Crippen LogP contribution in [0.4, 0.5) is 22.7 Å². The standard InChI is InChI=1S/C58H52N4O.Pt/c1-38(2)48-22-16-23-49(39(3)4)57(48)41-19-15-20-44(31-41)60-37-61(54-26-14-13-25-53(54)60)45-32-42(40-17-9-8-10-18-40)33-47(35-45)63-46-27-28-51-50-21-11-12-24-52(50)62(55(51)36-46)56-34-43(29-30-59-56)58(5,6)7;/h8-34,36-39H,1-7H3;/q-2;+2. The van der Waals surface area contributed by atoms with Crippen LogP contribution in [0.25, 0.3) is 49.9 Å². The average molecular weight is 1020 g/mol. The quantitative estimate of drug-likeness (QED) is 0.135. The van der Waals surface area contributed by atoms with Crippen LogP contribution in [0, 0.1) is 12.7 Å². The van der Waals surface area contributed by atoms with Crippen LogP contribution >= 0.6 is 0 Å². The summed E-state index contributed by atoms with van der Waals surface area (Å²) in [6.45, 7) is 18.1. The third-order valence-corrected chi connectivity index (χ3v) is 12.3. The Bertz CT molecular complexity index is 3120. The van der Waals surface area contributed by atoms with Crippen molar-refractivity contribution < 1.29 is 25.8 Å². The third kappa shape index (κ3) is 7.92. The Labute approximate surface area is 392 Å². The topological polar surface area (TPSA) is 33.5 Å². The number of para-hydroxylation sites is 3. The van der Waals surface area contributed by atoms with Crippen LogP contribution < -0.4 is 14.5 Å². The molecule has 9 aromatic rings. The number of anilines is 4. The molecule has 1 aliphatic heterocycles. The molecule has 5 nitrogen and oxygen atoms in total. The summed E-state index contributed by atoms with van der Waals surface area (Å²) in [6.07, 6.45) is 1.92. The number of fused-ring (bicyclic) bond motifs is 4. The molecule has 0 bridgehead atoms. The Morgan fingerprint density at radius 3 is 1.97 bits per heavy atom. The van der Waals surface area contributed by atoms with E-state index in [9.17, 15) is 0 Å². The molecule has 64 heavy (non-hydrogen) atoms. The van der Waals surface area contributed by atoms with Gasteiger partial charge in [-0.2, -0.15) is 0 Å². The molecule has 0 aliphatic carbocycles. The summed E-state index contributed by atoms with van der Waals surface area (Å²) in [5.41, 5.74) is 14.9. The number of pyridine rings is 1. The minimum absolute atomic E-state index is 0. The van der Waals surface area contributed by atoms with E-state index in [0.29, 0.717) is 17.6 Å². The van der Waals surface area contributed by atoms with E-state index in [1.165, 1.54) is 33.2 Å². The number of hydrogen-bond donors (Lipinski definition) is 0. The number of hydrogen-bond acceptors (Lipinski definition) is 4. The molecule has 320 valence electrons. The first-order valence-electron chi connectivity index (χ1n) is 22.1. The predicted octanol–water partition coefficient (Wildman–Crippen LogP) is 16.1. The fraction of sp³-hybridized carbons (Fsp3) is 0.172. The van der Waals surface area contributed by atoms with Crippen LogP contribution in [0.15, 0.2) is 170 Å². The molecule has 0 N–H and O–H groups in total. The molecule has 2 aromatic heterocycles. The maximum atomic E-state index is 6.90. The van der Waals surface area contributed by atoms with E-state index in [4.69, 9.17) is 9.72 Å². The molecule has 7 aromatic carbocycles. The summed E-state index contributed by atoms with van der Waals surface area (Å²) in [6, 6.07) is 62.1. The van der Waals surface area contributed by atoms with Gasteiger partial charge in [-0.05, 0) is 105 Å². The average Bonchev–Trinajstić information content (AvgIpc) is 3.85. The second-order valence-electron chi connectivity index (χ2n) is 18.3. The smallest absolute Gasteiger partial charge is 0.493 e. The van der Waals surface area contributed by atoms with Crippen LogP contribution in [0.2, 0.25) is 0 Å². The van der Waals surface area contributed by atoms with E-state index < -0.39 is 0 Å². The van der Waals surface area contributed by atoms with E-state index in [0.717, 1.165) is 61.9 Å². The predicted molar refractivity (Wildman–Crippen MR) is 263 cm³/mol. The monoisotopic (exact) mass is 1020 g/mol. The summed E-state index contributed by atoms with van der Waals surface area (Å²) in [5.74, 6) is 3.02. The second-order valence-corrected chi connectivity index (χ2v) is 18.3. The molecule has 0 spiro atoms. The first kappa shape index (κ1) is 42.9. The van der Waals surface area contributed by atoms with Gasteiger partial charge in [-0.3, -0.25) is 4.57 Å². The molecule has 0 fully saturated rings. The largest absolute Gasteiger partial charge is 2.00 e. The SMILES string of the molecule is CC(C)c1cccc(C(C)C)c1-c1cccc(N2[CH-]N(c3[c-]c(Oc4ccc5c6ccccc6n(-c6cc(C(C)(C)C)ccn6)c5c4)cc(-c4ccccc4)c3)c3ccccc32)c1.[Pt+2]. The maximum absolute atomic E-state index is 6.90. The molecular formula is C58H52N4OPt. The summed E-state index contributed by atoms with van der Waals surface area (Å²) in [4.78, 5) is 9.43. The molecule has 1 aliphatic rings. The molecule has 0 radical (unpaired) electrons. The van der Waals surface area contributed by atoms with Gasteiger partial charge in [0.25, 0.3) is 0 Å². The first-order valence-corrected chi connectivity index (χ1v) is 22.1. The van der Waals surface area contributed by atoms with Crippen molar-refractivity contribution in [3.8, 4) is 39.6 Å². The number of rotatable bonds is 9. The van der Waals surface area contributed by atoms with Crippen molar-refractivity contribution in [1.82, 2.24) is 9.55 Å². The van der Waals surface area contributed by atoms with Gasteiger partial charge in [-0.25, -0.2) is 4.98 Å². The van der Waals surface area contributed by atoms with Gasteiger partial charge in [0.15, 0.2) is 0 Å². The van der Waals surface area contributed by atoms with E-state index in [2.05, 4.69) is 239 Å². The van der Waals surface area contributed by atoms with Crippen LogP contribution in [0.3, 0.4) is 0 Å². The maximum Gasteiger partial charge on any atom is 2.00 e. The van der Waals surface area contributed by atoms with Crippen molar-refractivity contribution in [3.63, 3.8) is 0 Å². The van der Waals surface area contributed by atoms with Crippen molar-refractivity contribution in [2.24, 2.45) is 0 Å². The second kappa shape index (κ2) is 17.3. The number of aromatic nitrogens is 2. The molecule has 0 saturated heterocycles. The molecule has 0 saturated carbocycles. The van der Waals surface area contributed by atoms with Crippen LogP contribution in [0.5, 0.6) is 11.5 Å². The summed E-state index contributed by atoms with van der Waals surface area (Å²) >= 11 is 0. The van der Waals surface area contributed by atoms with Gasteiger partial charge in [0.05, 0.1) is 11.0 Å². The van der Waals surface area contributed by atoms with E-state index >= 15 is 0 Å².